The van der Waals surface area contributed by atoms with Gasteiger partial charge in [-0.1, -0.05) is 24.3 Å². The molecule has 114 valence electrons. The Morgan fingerprint density at radius 1 is 0.773 bits per heavy atom. The van der Waals surface area contributed by atoms with Gasteiger partial charge in [0.1, 0.15) is 23.7 Å². The molecule has 0 amide bonds. The van der Waals surface area contributed by atoms with Gasteiger partial charge in [0.25, 0.3) is 0 Å². The number of ether oxygens (including phenoxy) is 2. The Hall–Kier alpha value is -2.04. The highest BCUT2D eigenvalue weighted by Gasteiger charge is 2.39. The van der Waals surface area contributed by atoms with Crippen molar-refractivity contribution in [3.05, 3.63) is 57.6 Å². The smallest absolute Gasteiger partial charge is 0.124 e. The summed E-state index contributed by atoms with van der Waals surface area (Å²) < 4.78 is 11.8. The fourth-order valence-electron chi connectivity index (χ4n) is 3.40. The highest BCUT2D eigenvalue weighted by atomic mass is 16.5. The Bertz CT molecular complexity index is 701. The number of rotatable bonds is 1. The van der Waals surface area contributed by atoms with Crippen LogP contribution in [0, 0.1) is 13.8 Å². The van der Waals surface area contributed by atoms with Crippen molar-refractivity contribution < 1.29 is 19.7 Å². The third-order valence-electron chi connectivity index (χ3n) is 4.74. The molecule has 2 aliphatic heterocycles. The molecule has 4 rings (SSSR count). The van der Waals surface area contributed by atoms with E-state index in [0.29, 0.717) is 24.7 Å². The van der Waals surface area contributed by atoms with Gasteiger partial charge < -0.3 is 19.7 Å². The molecular weight excluding hydrogens is 280 g/mol. The first kappa shape index (κ1) is 13.6. The van der Waals surface area contributed by atoms with Crippen LogP contribution >= 0.6 is 0 Å². The first-order valence-corrected chi connectivity index (χ1v) is 7.44. The number of phenols is 2. The minimum atomic E-state index is -0.246. The normalized spacial score (nSPS) is 22.6. The number of benzene rings is 2. The van der Waals surface area contributed by atoms with Crippen LogP contribution < -0.4 is 0 Å². The molecule has 2 unspecified atom stereocenters. The maximum Gasteiger partial charge on any atom is 0.124 e. The van der Waals surface area contributed by atoms with Gasteiger partial charge in [0.2, 0.25) is 0 Å². The van der Waals surface area contributed by atoms with E-state index in [9.17, 15) is 10.2 Å². The quantitative estimate of drug-likeness (QED) is 0.845. The Kier molecular flexibility index (Phi) is 2.93. The maximum atomic E-state index is 10.2. The predicted octanol–water partition coefficient (Wildman–Crippen LogP) is 3.56. The highest BCUT2D eigenvalue weighted by molar-refractivity contribution is 5.51. The van der Waals surface area contributed by atoms with E-state index in [-0.39, 0.29) is 12.2 Å². The summed E-state index contributed by atoms with van der Waals surface area (Å²) in [5.41, 5.74) is 5.34. The molecule has 4 heteroatoms. The van der Waals surface area contributed by atoms with Crippen LogP contribution in [0.5, 0.6) is 11.5 Å². The summed E-state index contributed by atoms with van der Waals surface area (Å²) in [4.78, 5) is 0. The fraction of sp³-hybridized carbons (Fsp3) is 0.333. The first-order valence-electron chi connectivity index (χ1n) is 7.44. The second kappa shape index (κ2) is 4.73. The average Bonchev–Trinajstić information content (AvgIpc) is 3.11. The lowest BCUT2D eigenvalue weighted by molar-refractivity contribution is -0.0637. The van der Waals surface area contributed by atoms with Crippen LogP contribution in [0.15, 0.2) is 24.3 Å². The topological polar surface area (TPSA) is 58.9 Å². The molecule has 0 saturated heterocycles. The van der Waals surface area contributed by atoms with E-state index >= 15 is 0 Å². The molecule has 0 fully saturated rings. The van der Waals surface area contributed by atoms with Crippen molar-refractivity contribution in [2.45, 2.75) is 39.3 Å². The van der Waals surface area contributed by atoms with E-state index < -0.39 is 0 Å². The third kappa shape index (κ3) is 1.77. The summed E-state index contributed by atoms with van der Waals surface area (Å²) >= 11 is 0. The Morgan fingerprint density at radius 3 is 1.59 bits per heavy atom. The van der Waals surface area contributed by atoms with Gasteiger partial charge in [-0.05, 0) is 36.1 Å². The Labute approximate surface area is 128 Å². The molecule has 0 aliphatic carbocycles. The molecule has 0 spiro atoms. The van der Waals surface area contributed by atoms with Gasteiger partial charge in [0.15, 0.2) is 0 Å². The van der Waals surface area contributed by atoms with Crippen LogP contribution in [-0.2, 0) is 22.7 Å². The SMILES string of the molecule is Cc1ccc2c(c1O)COC2C1OCc2c1ccc(C)c2O. The number of fused-ring (bicyclic) bond motifs is 2. The molecule has 2 aliphatic rings. The Morgan fingerprint density at radius 2 is 1.18 bits per heavy atom. The van der Waals surface area contributed by atoms with Crippen molar-refractivity contribution in [1.82, 2.24) is 0 Å². The number of hydrogen-bond acceptors (Lipinski definition) is 4. The molecule has 2 atom stereocenters. The van der Waals surface area contributed by atoms with Crippen molar-refractivity contribution in [2.75, 3.05) is 0 Å². The van der Waals surface area contributed by atoms with Crippen LogP contribution in [-0.4, -0.2) is 10.2 Å². The largest absolute Gasteiger partial charge is 0.507 e. The fourth-order valence-corrected chi connectivity index (χ4v) is 3.40. The summed E-state index contributed by atoms with van der Waals surface area (Å²) in [7, 11) is 0. The monoisotopic (exact) mass is 298 g/mol. The van der Waals surface area contributed by atoms with Gasteiger partial charge in [-0.15, -0.1) is 0 Å². The van der Waals surface area contributed by atoms with E-state index in [1.807, 2.05) is 38.1 Å². The van der Waals surface area contributed by atoms with Crippen molar-refractivity contribution in [3.8, 4) is 11.5 Å². The summed E-state index contributed by atoms with van der Waals surface area (Å²) in [6, 6.07) is 7.80. The zero-order valence-corrected chi connectivity index (χ0v) is 12.6. The highest BCUT2D eigenvalue weighted by Crippen LogP contribution is 2.49. The molecule has 2 aromatic carbocycles. The molecule has 0 radical (unpaired) electrons. The predicted molar refractivity (Wildman–Crippen MR) is 80.7 cm³/mol. The number of aromatic hydroxyl groups is 2. The summed E-state index contributed by atoms with van der Waals surface area (Å²) in [6.45, 7) is 4.54. The van der Waals surface area contributed by atoms with E-state index in [1.54, 1.807) is 0 Å². The number of phenolic OH excluding ortho intramolecular Hbond substituents is 2. The second-order valence-electron chi connectivity index (χ2n) is 6.06. The molecule has 0 saturated carbocycles. The number of hydrogen-bond donors (Lipinski definition) is 2. The van der Waals surface area contributed by atoms with Crippen molar-refractivity contribution in [3.63, 3.8) is 0 Å². The zero-order chi connectivity index (χ0) is 15.4. The van der Waals surface area contributed by atoms with Crippen molar-refractivity contribution in [2.24, 2.45) is 0 Å². The van der Waals surface area contributed by atoms with Crippen LogP contribution in [0.2, 0.25) is 0 Å². The average molecular weight is 298 g/mol. The minimum absolute atomic E-state index is 0.246. The molecular formula is C18H18O4. The van der Waals surface area contributed by atoms with Crippen molar-refractivity contribution in [1.29, 1.82) is 0 Å². The molecule has 2 aromatic rings. The zero-order valence-electron chi connectivity index (χ0n) is 12.6. The first-order chi connectivity index (χ1) is 10.6. The van der Waals surface area contributed by atoms with E-state index in [1.165, 1.54) is 0 Å². The van der Waals surface area contributed by atoms with Crippen LogP contribution in [0.25, 0.3) is 0 Å². The molecule has 22 heavy (non-hydrogen) atoms. The van der Waals surface area contributed by atoms with Gasteiger partial charge >= 0.3 is 0 Å². The summed E-state index contributed by atoms with van der Waals surface area (Å²) in [5, 5.41) is 20.4. The van der Waals surface area contributed by atoms with Gasteiger partial charge in [-0.2, -0.15) is 0 Å². The summed E-state index contributed by atoms with van der Waals surface area (Å²) in [6.07, 6.45) is -0.491. The van der Waals surface area contributed by atoms with Gasteiger partial charge in [-0.3, -0.25) is 0 Å². The maximum absolute atomic E-state index is 10.2. The van der Waals surface area contributed by atoms with E-state index in [4.69, 9.17) is 9.47 Å². The van der Waals surface area contributed by atoms with Crippen molar-refractivity contribution >= 4 is 0 Å². The lowest BCUT2D eigenvalue weighted by atomic mass is 9.93. The van der Waals surface area contributed by atoms with Crippen LogP contribution in [0.1, 0.15) is 45.6 Å². The summed E-state index contributed by atoms with van der Waals surface area (Å²) in [5.74, 6) is 0.620. The standard InChI is InChI=1S/C18H18O4/c1-9-3-5-11-13(15(9)19)7-21-17(11)18-12-6-4-10(2)16(20)14(12)8-22-18/h3-6,17-20H,7-8H2,1-2H3. The number of aryl methyl sites for hydroxylation is 2. The second-order valence-corrected chi connectivity index (χ2v) is 6.06. The molecule has 2 heterocycles. The third-order valence-corrected chi connectivity index (χ3v) is 4.74. The van der Waals surface area contributed by atoms with E-state index in [0.717, 1.165) is 33.4 Å². The lowest BCUT2D eigenvalue weighted by Crippen LogP contribution is -2.09. The molecule has 2 N–H and O–H groups in total. The van der Waals surface area contributed by atoms with Gasteiger partial charge in [0, 0.05) is 11.1 Å². The minimum Gasteiger partial charge on any atom is -0.507 e. The Balaban J connectivity index is 1.77. The van der Waals surface area contributed by atoms with Crippen LogP contribution in [0.4, 0.5) is 0 Å². The molecule has 0 aromatic heterocycles. The molecule has 4 nitrogen and oxygen atoms in total. The van der Waals surface area contributed by atoms with Gasteiger partial charge in [-0.25, -0.2) is 0 Å². The molecule has 0 bridgehead atoms. The van der Waals surface area contributed by atoms with Gasteiger partial charge in [0.05, 0.1) is 13.2 Å². The van der Waals surface area contributed by atoms with E-state index in [2.05, 4.69) is 0 Å². The lowest BCUT2D eigenvalue weighted by Gasteiger charge is -2.20. The van der Waals surface area contributed by atoms with Crippen LogP contribution in [0.3, 0.4) is 0 Å².